The molecule has 19 heavy (non-hydrogen) atoms. The Balaban J connectivity index is 2.12. The van der Waals surface area contributed by atoms with Gasteiger partial charge in [0.1, 0.15) is 5.82 Å². The predicted octanol–water partition coefficient (Wildman–Crippen LogP) is 1.72. The molecule has 0 fully saturated rings. The molecule has 0 saturated heterocycles. The van der Waals surface area contributed by atoms with Crippen LogP contribution in [0.15, 0.2) is 29.4 Å². The minimum Gasteiger partial charge on any atom is -0.481 e. The maximum atomic E-state index is 13.5. The number of aromatic nitrogens is 3. The van der Waals surface area contributed by atoms with Gasteiger partial charge in [-0.1, -0.05) is 30.0 Å². The van der Waals surface area contributed by atoms with Crippen LogP contribution in [0.5, 0.6) is 0 Å². The molecule has 1 aromatic carbocycles. The van der Waals surface area contributed by atoms with E-state index < -0.39 is 5.97 Å². The van der Waals surface area contributed by atoms with Crippen LogP contribution in [0.2, 0.25) is 0 Å². The maximum Gasteiger partial charge on any atom is 0.313 e. The summed E-state index contributed by atoms with van der Waals surface area (Å²) >= 11 is 1.09. The van der Waals surface area contributed by atoms with E-state index in [1.807, 2.05) is 0 Å². The fraction of sp³-hybridized carbons (Fsp3) is 0.250. The minimum absolute atomic E-state index is 0.0777. The molecule has 0 amide bonds. The van der Waals surface area contributed by atoms with Crippen LogP contribution >= 0.6 is 11.8 Å². The molecule has 0 spiro atoms. The first-order valence-corrected chi connectivity index (χ1v) is 6.52. The van der Waals surface area contributed by atoms with Crippen LogP contribution in [0.1, 0.15) is 11.4 Å². The Morgan fingerprint density at radius 2 is 2.21 bits per heavy atom. The fourth-order valence-electron chi connectivity index (χ4n) is 1.56. The SMILES string of the molecule is Cn1nc(Cc2ccccc2F)nc1SCC(=O)O. The number of nitrogens with zero attached hydrogens (tertiary/aromatic N) is 3. The lowest BCUT2D eigenvalue weighted by atomic mass is 10.1. The van der Waals surface area contributed by atoms with Crippen LogP contribution in [0.4, 0.5) is 4.39 Å². The third kappa shape index (κ3) is 3.54. The Labute approximate surface area is 113 Å². The largest absolute Gasteiger partial charge is 0.481 e. The van der Waals surface area contributed by atoms with Gasteiger partial charge in [-0.05, 0) is 11.6 Å². The lowest BCUT2D eigenvalue weighted by molar-refractivity contribution is -0.133. The van der Waals surface area contributed by atoms with Gasteiger partial charge in [0.25, 0.3) is 0 Å². The summed E-state index contributed by atoms with van der Waals surface area (Å²) in [6, 6.07) is 6.44. The number of hydrogen-bond donors (Lipinski definition) is 1. The van der Waals surface area contributed by atoms with Crippen LogP contribution in [-0.2, 0) is 18.3 Å². The first kappa shape index (κ1) is 13.5. The number of carbonyl (C=O) groups is 1. The Bertz CT molecular complexity index is 600. The lowest BCUT2D eigenvalue weighted by Crippen LogP contribution is -2.00. The number of carboxylic acids is 1. The number of halogens is 1. The van der Waals surface area contributed by atoms with Crippen molar-refractivity contribution < 1.29 is 14.3 Å². The van der Waals surface area contributed by atoms with Gasteiger partial charge in [0.15, 0.2) is 11.0 Å². The smallest absolute Gasteiger partial charge is 0.313 e. The molecule has 0 aliphatic rings. The van der Waals surface area contributed by atoms with Crippen molar-refractivity contribution in [1.82, 2.24) is 14.8 Å². The van der Waals surface area contributed by atoms with Gasteiger partial charge in [0.05, 0.1) is 5.75 Å². The zero-order valence-corrected chi connectivity index (χ0v) is 11.0. The summed E-state index contributed by atoms with van der Waals surface area (Å²) in [5, 5.41) is 13.3. The van der Waals surface area contributed by atoms with Crippen molar-refractivity contribution in [2.45, 2.75) is 11.6 Å². The Hall–Kier alpha value is -1.89. The standard InChI is InChI=1S/C12H12FN3O2S/c1-16-12(19-7-11(17)18)14-10(15-16)6-8-4-2-3-5-9(8)13/h2-5H,6-7H2,1H3,(H,17,18). The minimum atomic E-state index is -0.913. The van der Waals surface area contributed by atoms with E-state index in [1.54, 1.807) is 25.2 Å². The summed E-state index contributed by atoms with van der Waals surface area (Å²) in [5.74, 6) is -0.815. The van der Waals surface area contributed by atoms with Crippen LogP contribution in [0.3, 0.4) is 0 Å². The van der Waals surface area contributed by atoms with Crippen molar-refractivity contribution in [2.24, 2.45) is 7.05 Å². The highest BCUT2D eigenvalue weighted by molar-refractivity contribution is 7.99. The third-order valence-electron chi connectivity index (χ3n) is 2.40. The van der Waals surface area contributed by atoms with Gasteiger partial charge in [-0.25, -0.2) is 14.1 Å². The van der Waals surface area contributed by atoms with Crippen molar-refractivity contribution in [3.8, 4) is 0 Å². The molecule has 2 aromatic rings. The number of aliphatic carboxylic acids is 1. The normalized spacial score (nSPS) is 10.6. The molecule has 2 rings (SSSR count). The molecule has 0 bridgehead atoms. The van der Waals surface area contributed by atoms with Crippen molar-refractivity contribution >= 4 is 17.7 Å². The van der Waals surface area contributed by atoms with E-state index in [9.17, 15) is 9.18 Å². The average Bonchev–Trinajstić information content (AvgIpc) is 2.70. The second-order valence-electron chi connectivity index (χ2n) is 3.88. The molecule has 1 N–H and O–H groups in total. The second-order valence-corrected chi connectivity index (χ2v) is 4.83. The molecule has 1 heterocycles. The lowest BCUT2D eigenvalue weighted by Gasteiger charge is -1.98. The van der Waals surface area contributed by atoms with Gasteiger partial charge in [-0.3, -0.25) is 4.79 Å². The number of thioether (sulfide) groups is 1. The summed E-state index contributed by atoms with van der Waals surface area (Å²) in [5.41, 5.74) is 0.517. The summed E-state index contributed by atoms with van der Waals surface area (Å²) in [6.45, 7) is 0. The van der Waals surface area contributed by atoms with Crippen LogP contribution in [0.25, 0.3) is 0 Å². The summed E-state index contributed by atoms with van der Waals surface area (Å²) in [7, 11) is 1.68. The van der Waals surface area contributed by atoms with Gasteiger partial charge in [-0.15, -0.1) is 0 Å². The summed E-state index contributed by atoms with van der Waals surface area (Å²) < 4.78 is 15.0. The molecular weight excluding hydrogens is 269 g/mol. The highest BCUT2D eigenvalue weighted by atomic mass is 32.2. The number of benzene rings is 1. The Kier molecular flexibility index (Phi) is 4.16. The molecule has 5 nitrogen and oxygen atoms in total. The van der Waals surface area contributed by atoms with Gasteiger partial charge >= 0.3 is 5.97 Å². The van der Waals surface area contributed by atoms with Crippen LogP contribution < -0.4 is 0 Å². The van der Waals surface area contributed by atoms with Gasteiger partial charge in [0.2, 0.25) is 0 Å². The average molecular weight is 281 g/mol. The Morgan fingerprint density at radius 1 is 1.47 bits per heavy atom. The molecule has 0 saturated carbocycles. The third-order valence-corrected chi connectivity index (χ3v) is 3.40. The van der Waals surface area contributed by atoms with E-state index >= 15 is 0 Å². The molecule has 0 unspecified atom stereocenters. The zero-order valence-electron chi connectivity index (χ0n) is 10.2. The van der Waals surface area contributed by atoms with Crippen molar-refractivity contribution in [2.75, 3.05) is 5.75 Å². The van der Waals surface area contributed by atoms with Gasteiger partial charge in [0, 0.05) is 13.5 Å². The molecule has 0 aliphatic heterocycles. The zero-order chi connectivity index (χ0) is 13.8. The predicted molar refractivity (Wildman–Crippen MR) is 68.6 cm³/mol. The topological polar surface area (TPSA) is 68.0 Å². The van der Waals surface area contributed by atoms with Gasteiger partial charge in [-0.2, -0.15) is 5.10 Å². The van der Waals surface area contributed by atoms with E-state index in [0.717, 1.165) is 11.8 Å². The van der Waals surface area contributed by atoms with Crippen molar-refractivity contribution in [3.05, 3.63) is 41.5 Å². The highest BCUT2D eigenvalue weighted by Gasteiger charge is 2.11. The number of aryl methyl sites for hydroxylation is 1. The van der Waals surface area contributed by atoms with E-state index in [-0.39, 0.29) is 18.0 Å². The molecule has 0 radical (unpaired) electrons. The summed E-state index contributed by atoms with van der Waals surface area (Å²) in [6.07, 6.45) is 0.286. The van der Waals surface area contributed by atoms with Gasteiger partial charge < -0.3 is 5.11 Å². The first-order chi connectivity index (χ1) is 9.06. The summed E-state index contributed by atoms with van der Waals surface area (Å²) in [4.78, 5) is 14.7. The number of carboxylic acid groups (broad SMARTS) is 1. The maximum absolute atomic E-state index is 13.5. The molecule has 0 aliphatic carbocycles. The molecular formula is C12H12FN3O2S. The van der Waals surface area contributed by atoms with E-state index in [2.05, 4.69) is 10.1 Å². The van der Waals surface area contributed by atoms with E-state index in [1.165, 1.54) is 10.7 Å². The van der Waals surface area contributed by atoms with E-state index in [0.29, 0.717) is 16.5 Å². The van der Waals surface area contributed by atoms with Crippen molar-refractivity contribution in [1.29, 1.82) is 0 Å². The first-order valence-electron chi connectivity index (χ1n) is 5.54. The van der Waals surface area contributed by atoms with E-state index in [4.69, 9.17) is 5.11 Å². The number of rotatable bonds is 5. The Morgan fingerprint density at radius 3 is 2.89 bits per heavy atom. The molecule has 0 atom stereocenters. The molecule has 1 aromatic heterocycles. The van der Waals surface area contributed by atoms with Crippen LogP contribution in [-0.4, -0.2) is 31.6 Å². The second kappa shape index (κ2) is 5.83. The quantitative estimate of drug-likeness (QED) is 0.845. The van der Waals surface area contributed by atoms with Crippen molar-refractivity contribution in [3.63, 3.8) is 0 Å². The van der Waals surface area contributed by atoms with Crippen LogP contribution in [0, 0.1) is 5.82 Å². The molecule has 7 heteroatoms. The highest BCUT2D eigenvalue weighted by Crippen LogP contribution is 2.17. The monoisotopic (exact) mass is 281 g/mol. The molecule has 100 valence electrons. The fourth-order valence-corrected chi connectivity index (χ4v) is 2.21. The number of hydrogen-bond acceptors (Lipinski definition) is 4.